The molecule has 110 heavy (non-hydrogen) atoms. The fourth-order valence-corrected chi connectivity index (χ4v) is 20.0. The van der Waals surface area contributed by atoms with Gasteiger partial charge in [0.25, 0.3) is 0 Å². The van der Waals surface area contributed by atoms with Crippen LogP contribution in [0.25, 0.3) is 240 Å². The Kier molecular flexibility index (Phi) is 12.3. The van der Waals surface area contributed by atoms with Crippen molar-refractivity contribution in [3.05, 3.63) is 352 Å². The molecule has 0 aliphatic heterocycles. The van der Waals surface area contributed by atoms with Crippen LogP contribution >= 0.6 is 11.3 Å². The molecule has 0 amide bonds. The van der Waals surface area contributed by atoms with Gasteiger partial charge in [-0.1, -0.05) is 218 Å². The van der Waals surface area contributed by atoms with E-state index in [2.05, 4.69) is 358 Å². The number of para-hydroxylation sites is 9. The van der Waals surface area contributed by atoms with E-state index in [9.17, 15) is 0 Å². The molecule has 0 unspecified atom stereocenters. The molecule has 0 aliphatic carbocycles. The Labute approximate surface area is 630 Å². The molecule has 25 rings (SSSR count). The molecule has 0 fully saturated rings. The van der Waals surface area contributed by atoms with Gasteiger partial charge in [0.15, 0.2) is 0 Å². The lowest BCUT2D eigenvalue weighted by Crippen LogP contribution is -1.95. The van der Waals surface area contributed by atoms with E-state index in [4.69, 9.17) is 13.3 Å². The SMILES string of the molecule is c1ccc(-n2c3ccccc3c3c2ccc2c4ccccc4n(-c4ccc5oc6c(-c7cc(-c8cccc(-c9ccc%10c(c9)c9ccc%11c(c%12ccccc%12n%11-c%11ccccc%11)c9n%10-c9ccc%10oc%11c(-c%12cccc%13c%12oc%12ccccc%12%13)cccc%11c%10c9)c8)cc8c7sc7ccccc78)cccc6c5c4)c23)cc1. The zero-order chi connectivity index (χ0) is 71.6. The van der Waals surface area contributed by atoms with Crippen LogP contribution in [-0.4, -0.2) is 18.3 Å². The Morgan fingerprint density at radius 1 is 0.200 bits per heavy atom. The maximum Gasteiger partial charge on any atom is 0.143 e. The minimum atomic E-state index is 0.823. The smallest absolute Gasteiger partial charge is 0.143 e. The number of hydrogen-bond acceptors (Lipinski definition) is 4. The number of rotatable bonds is 8. The predicted octanol–water partition coefficient (Wildman–Crippen LogP) is 28.8. The largest absolute Gasteiger partial charge is 0.455 e. The molecule has 0 saturated carbocycles. The molecule has 0 spiro atoms. The molecule has 8 heteroatoms. The van der Waals surface area contributed by atoms with Gasteiger partial charge in [-0.25, -0.2) is 0 Å². The molecule has 0 atom stereocenters. The van der Waals surface area contributed by atoms with Crippen LogP contribution in [0.3, 0.4) is 0 Å². The molecular formula is C102H58N4O3S. The van der Waals surface area contributed by atoms with Gasteiger partial charge >= 0.3 is 0 Å². The van der Waals surface area contributed by atoms with Crippen molar-refractivity contribution in [2.45, 2.75) is 0 Å². The van der Waals surface area contributed by atoms with Crippen LogP contribution in [0, 0.1) is 0 Å². The number of furan rings is 3. The van der Waals surface area contributed by atoms with Gasteiger partial charge in [0.1, 0.15) is 33.5 Å². The van der Waals surface area contributed by atoms with Gasteiger partial charge in [-0.15, -0.1) is 11.3 Å². The second kappa shape index (κ2) is 22.6. The summed E-state index contributed by atoms with van der Waals surface area (Å²) in [5.74, 6) is 0. The van der Waals surface area contributed by atoms with Crippen LogP contribution < -0.4 is 0 Å². The van der Waals surface area contributed by atoms with Crippen LogP contribution in [0.2, 0.25) is 0 Å². The highest BCUT2D eigenvalue weighted by atomic mass is 32.1. The van der Waals surface area contributed by atoms with Gasteiger partial charge in [0, 0.05) is 141 Å². The summed E-state index contributed by atoms with van der Waals surface area (Å²) >= 11 is 1.85. The number of nitrogens with zero attached hydrogens (tertiary/aromatic N) is 4. The van der Waals surface area contributed by atoms with Crippen molar-refractivity contribution in [1.29, 1.82) is 0 Å². The summed E-state index contributed by atoms with van der Waals surface area (Å²) < 4.78 is 33.1. The quantitative estimate of drug-likeness (QED) is 0.152. The van der Waals surface area contributed by atoms with Crippen molar-refractivity contribution in [3.63, 3.8) is 0 Å². The van der Waals surface area contributed by atoms with Crippen molar-refractivity contribution in [2.75, 3.05) is 0 Å². The Balaban J connectivity index is 0.650. The van der Waals surface area contributed by atoms with Crippen LogP contribution in [0.1, 0.15) is 0 Å². The number of aromatic nitrogens is 4. The average Bonchev–Trinajstić information content (AvgIpc) is 1.55. The second-order valence-electron chi connectivity index (χ2n) is 29.3. The molecule has 7 nitrogen and oxygen atoms in total. The van der Waals surface area contributed by atoms with Crippen molar-refractivity contribution < 1.29 is 13.3 Å². The van der Waals surface area contributed by atoms with E-state index in [1.807, 2.05) is 23.5 Å². The Bertz CT molecular complexity index is 8300. The Hall–Kier alpha value is -14.4. The van der Waals surface area contributed by atoms with E-state index in [1.54, 1.807) is 0 Å². The first kappa shape index (κ1) is 59.8. The van der Waals surface area contributed by atoms with Gasteiger partial charge < -0.3 is 31.5 Å². The number of benzene rings is 17. The lowest BCUT2D eigenvalue weighted by molar-refractivity contribution is 0.665. The zero-order valence-electron chi connectivity index (χ0n) is 58.9. The summed E-state index contributed by atoms with van der Waals surface area (Å²) in [5, 5.41) is 18.5. The van der Waals surface area contributed by atoms with E-state index in [-0.39, 0.29) is 0 Å². The van der Waals surface area contributed by atoms with Crippen LogP contribution in [0.4, 0.5) is 0 Å². The molecule has 0 radical (unpaired) electrons. The summed E-state index contributed by atoms with van der Waals surface area (Å²) in [7, 11) is 0. The molecule has 25 aromatic rings. The van der Waals surface area contributed by atoms with Gasteiger partial charge in [-0.05, 0) is 156 Å². The van der Waals surface area contributed by atoms with E-state index < -0.39 is 0 Å². The summed E-state index contributed by atoms with van der Waals surface area (Å²) in [6.45, 7) is 0. The van der Waals surface area contributed by atoms with Crippen molar-refractivity contribution >= 4 is 185 Å². The summed E-state index contributed by atoms with van der Waals surface area (Å²) in [4.78, 5) is 0. The number of thiophene rings is 1. The Morgan fingerprint density at radius 3 is 1.21 bits per heavy atom. The van der Waals surface area contributed by atoms with E-state index in [1.165, 1.54) is 79.8 Å². The number of hydrogen-bond donors (Lipinski definition) is 0. The fraction of sp³-hybridized carbons (Fsp3) is 0. The van der Waals surface area contributed by atoms with E-state index in [0.29, 0.717) is 0 Å². The molecule has 17 aromatic carbocycles. The topological polar surface area (TPSA) is 59.1 Å². The van der Waals surface area contributed by atoms with E-state index >= 15 is 0 Å². The maximum absolute atomic E-state index is 7.23. The normalized spacial score (nSPS) is 12.4. The molecule has 0 aliphatic rings. The fourth-order valence-electron chi connectivity index (χ4n) is 18.8. The number of fused-ring (bicyclic) bond motifs is 26. The lowest BCUT2D eigenvalue weighted by atomic mass is 9.93. The third-order valence-corrected chi connectivity index (χ3v) is 24.8. The molecule has 8 aromatic heterocycles. The standard InChI is InChI=1S/C102H58N4O3S/c1-3-23-63(24-4-1)103-86-39-13-8-30-78(86)95-89(103)49-46-70-67-27-7-12-38-85(67)105(97(70)95)65-44-51-93-82(57-65)76-36-20-37-77(101(76)109-93)84-56-62(55-83-69-29-11-16-42-94(69)110-102(83)84)60-22-17-21-59(53-60)61-43-48-88-80(54-61)71-47-50-90-96(79-31-9-14-40-87(79)104(90)64-25-5-2-6-26-64)98(71)106(88)66-45-52-92-81(58-66)75-35-19-34-74(100(75)108-92)73-33-18-32-72-68-28-10-15-41-91(68)107-99(72)73/h1-58H. The molecular weight excluding hydrogens is 1360 g/mol. The van der Waals surface area contributed by atoms with Gasteiger partial charge in [-0.3, -0.25) is 0 Å². The monoisotopic (exact) mass is 1420 g/mol. The summed E-state index contributed by atoms with van der Waals surface area (Å²) in [6.07, 6.45) is 0. The first-order valence-corrected chi connectivity index (χ1v) is 38.3. The van der Waals surface area contributed by atoms with Crippen LogP contribution in [-0.2, 0) is 0 Å². The molecule has 0 N–H and O–H groups in total. The average molecular weight is 1420 g/mol. The maximum atomic E-state index is 7.23. The molecule has 8 heterocycles. The minimum Gasteiger partial charge on any atom is -0.455 e. The van der Waals surface area contributed by atoms with Crippen LogP contribution in [0.5, 0.6) is 0 Å². The highest BCUT2D eigenvalue weighted by molar-refractivity contribution is 7.26. The predicted molar refractivity (Wildman–Crippen MR) is 460 cm³/mol. The third-order valence-electron chi connectivity index (χ3n) is 23.5. The third kappa shape index (κ3) is 8.36. The highest BCUT2D eigenvalue weighted by Crippen LogP contribution is 2.51. The highest BCUT2D eigenvalue weighted by Gasteiger charge is 2.27. The van der Waals surface area contributed by atoms with Gasteiger partial charge in [-0.2, -0.15) is 0 Å². The zero-order valence-corrected chi connectivity index (χ0v) is 59.7. The minimum absolute atomic E-state index is 0.823. The van der Waals surface area contributed by atoms with Crippen LogP contribution in [0.15, 0.2) is 365 Å². The van der Waals surface area contributed by atoms with Crippen molar-refractivity contribution in [3.8, 4) is 67.3 Å². The first-order chi connectivity index (χ1) is 54.6. The van der Waals surface area contributed by atoms with Gasteiger partial charge in [0.05, 0.1) is 44.1 Å². The van der Waals surface area contributed by atoms with Gasteiger partial charge in [0.2, 0.25) is 0 Å². The molecule has 0 saturated heterocycles. The second-order valence-corrected chi connectivity index (χ2v) is 30.3. The molecule has 510 valence electrons. The van der Waals surface area contributed by atoms with E-state index in [0.717, 1.165) is 161 Å². The van der Waals surface area contributed by atoms with Crippen molar-refractivity contribution in [2.24, 2.45) is 0 Å². The summed E-state index contributed by atoms with van der Waals surface area (Å²) in [6, 6.07) is 129. The lowest BCUT2D eigenvalue weighted by Gasteiger charge is -2.12. The Morgan fingerprint density at radius 2 is 0.618 bits per heavy atom. The first-order valence-electron chi connectivity index (χ1n) is 37.5. The summed E-state index contributed by atoms with van der Waals surface area (Å²) in [5.41, 5.74) is 27.4. The van der Waals surface area contributed by atoms with Crippen molar-refractivity contribution in [1.82, 2.24) is 18.3 Å². The molecule has 0 bridgehead atoms.